The molecule has 0 aliphatic heterocycles. The third-order valence-corrected chi connectivity index (χ3v) is 3.61. The molecule has 1 aromatic rings. The number of nitrogens with zero attached hydrogens (tertiary/aromatic N) is 2. The zero-order chi connectivity index (χ0) is 11.5. The van der Waals surface area contributed by atoms with Crippen LogP contribution in [0.2, 0.25) is 0 Å². The summed E-state index contributed by atoms with van der Waals surface area (Å²) in [5.41, 5.74) is 0.630. The molecule has 0 spiro atoms. The Balaban J connectivity index is 2.04. The summed E-state index contributed by atoms with van der Waals surface area (Å²) in [7, 11) is 0. The van der Waals surface area contributed by atoms with Crippen molar-refractivity contribution in [1.82, 2.24) is 9.88 Å². The molecule has 1 amide bonds. The Labute approximate surface area is 100 Å². The second kappa shape index (κ2) is 4.95. The standard InChI is InChI=1S/C12H18N2OS/c1-3-4-7-14(10-5-6-10)12(15)11-8-16-9(2)13-11/h8,10H,3-7H2,1-2H3. The van der Waals surface area contributed by atoms with Gasteiger partial charge in [0.1, 0.15) is 5.69 Å². The number of amides is 1. The van der Waals surface area contributed by atoms with Crippen LogP contribution in [0.3, 0.4) is 0 Å². The third-order valence-electron chi connectivity index (χ3n) is 2.84. The molecule has 0 N–H and O–H groups in total. The molecule has 0 atom stereocenters. The zero-order valence-corrected chi connectivity index (χ0v) is 10.7. The van der Waals surface area contributed by atoms with E-state index in [1.54, 1.807) is 11.3 Å². The van der Waals surface area contributed by atoms with Crippen LogP contribution in [0.25, 0.3) is 0 Å². The van der Waals surface area contributed by atoms with Crippen molar-refractivity contribution in [3.8, 4) is 0 Å². The van der Waals surface area contributed by atoms with Gasteiger partial charge < -0.3 is 4.90 Å². The van der Waals surface area contributed by atoms with Crippen LogP contribution in [0.1, 0.15) is 48.1 Å². The highest BCUT2D eigenvalue weighted by Gasteiger charge is 2.33. The lowest BCUT2D eigenvalue weighted by Crippen LogP contribution is -2.34. The van der Waals surface area contributed by atoms with Gasteiger partial charge in [-0.25, -0.2) is 4.98 Å². The van der Waals surface area contributed by atoms with Crippen molar-refractivity contribution in [3.63, 3.8) is 0 Å². The van der Waals surface area contributed by atoms with E-state index in [1.807, 2.05) is 17.2 Å². The van der Waals surface area contributed by atoms with Gasteiger partial charge in [0.05, 0.1) is 5.01 Å². The van der Waals surface area contributed by atoms with Crippen LogP contribution < -0.4 is 0 Å². The van der Waals surface area contributed by atoms with E-state index >= 15 is 0 Å². The predicted molar refractivity (Wildman–Crippen MR) is 65.8 cm³/mol. The lowest BCUT2D eigenvalue weighted by atomic mass is 10.3. The molecule has 3 nitrogen and oxygen atoms in total. The number of hydrogen-bond acceptors (Lipinski definition) is 3. The van der Waals surface area contributed by atoms with E-state index in [0.717, 1.165) is 24.4 Å². The number of rotatable bonds is 5. The first-order valence-electron chi connectivity index (χ1n) is 5.95. The maximum atomic E-state index is 12.2. The van der Waals surface area contributed by atoms with Gasteiger partial charge in [0.15, 0.2) is 0 Å². The Morgan fingerprint density at radius 1 is 1.62 bits per heavy atom. The number of aromatic nitrogens is 1. The van der Waals surface area contributed by atoms with Crippen molar-refractivity contribution in [2.75, 3.05) is 6.54 Å². The number of aryl methyl sites for hydroxylation is 1. The first-order chi connectivity index (χ1) is 7.72. The van der Waals surface area contributed by atoms with E-state index in [1.165, 1.54) is 12.8 Å². The van der Waals surface area contributed by atoms with Crippen LogP contribution >= 0.6 is 11.3 Å². The quantitative estimate of drug-likeness (QED) is 0.790. The van der Waals surface area contributed by atoms with Crippen molar-refractivity contribution in [2.45, 2.75) is 45.6 Å². The fraction of sp³-hybridized carbons (Fsp3) is 0.667. The second-order valence-corrected chi connectivity index (χ2v) is 5.40. The lowest BCUT2D eigenvalue weighted by molar-refractivity contribution is 0.0735. The summed E-state index contributed by atoms with van der Waals surface area (Å²) in [6.45, 7) is 4.98. The van der Waals surface area contributed by atoms with Gasteiger partial charge in [-0.3, -0.25) is 4.79 Å². The minimum Gasteiger partial charge on any atom is -0.334 e. The smallest absolute Gasteiger partial charge is 0.273 e. The lowest BCUT2D eigenvalue weighted by Gasteiger charge is -2.21. The monoisotopic (exact) mass is 238 g/mol. The molecule has 1 saturated carbocycles. The van der Waals surface area contributed by atoms with E-state index in [2.05, 4.69) is 11.9 Å². The van der Waals surface area contributed by atoms with Crippen molar-refractivity contribution >= 4 is 17.2 Å². The molecule has 0 radical (unpaired) electrons. The average molecular weight is 238 g/mol. The normalized spacial score (nSPS) is 15.1. The summed E-state index contributed by atoms with van der Waals surface area (Å²) in [5, 5.41) is 2.84. The zero-order valence-electron chi connectivity index (χ0n) is 9.90. The molecule has 16 heavy (non-hydrogen) atoms. The molecule has 1 aromatic heterocycles. The number of thiazole rings is 1. The second-order valence-electron chi connectivity index (χ2n) is 4.34. The van der Waals surface area contributed by atoms with Crippen molar-refractivity contribution in [2.24, 2.45) is 0 Å². The first kappa shape index (κ1) is 11.6. The van der Waals surface area contributed by atoms with Gasteiger partial charge in [-0.15, -0.1) is 11.3 Å². The maximum absolute atomic E-state index is 12.2. The summed E-state index contributed by atoms with van der Waals surface area (Å²) in [5.74, 6) is 0.125. The molecule has 1 aliphatic carbocycles. The molecule has 2 rings (SSSR count). The Morgan fingerprint density at radius 3 is 2.88 bits per heavy atom. The Bertz CT molecular complexity index is 371. The molecule has 0 aromatic carbocycles. The Kier molecular flexibility index (Phi) is 3.59. The molecule has 1 fully saturated rings. The van der Waals surface area contributed by atoms with E-state index in [-0.39, 0.29) is 5.91 Å². The van der Waals surface area contributed by atoms with Crippen molar-refractivity contribution < 1.29 is 4.79 Å². The molecule has 0 unspecified atom stereocenters. The van der Waals surface area contributed by atoms with E-state index in [4.69, 9.17) is 0 Å². The van der Waals surface area contributed by atoms with Gasteiger partial charge in [0.25, 0.3) is 5.91 Å². The van der Waals surface area contributed by atoms with Crippen LogP contribution in [0.4, 0.5) is 0 Å². The molecule has 1 heterocycles. The van der Waals surface area contributed by atoms with Gasteiger partial charge in [0.2, 0.25) is 0 Å². The maximum Gasteiger partial charge on any atom is 0.273 e. The van der Waals surface area contributed by atoms with Gasteiger partial charge >= 0.3 is 0 Å². The highest BCUT2D eigenvalue weighted by molar-refractivity contribution is 7.09. The van der Waals surface area contributed by atoms with E-state index < -0.39 is 0 Å². The van der Waals surface area contributed by atoms with E-state index in [0.29, 0.717) is 11.7 Å². The number of carbonyl (C=O) groups is 1. The molecule has 0 bridgehead atoms. The fourth-order valence-corrected chi connectivity index (χ4v) is 2.36. The summed E-state index contributed by atoms with van der Waals surface area (Å²) < 4.78 is 0. The molecule has 88 valence electrons. The van der Waals surface area contributed by atoms with Crippen LogP contribution in [0, 0.1) is 6.92 Å². The van der Waals surface area contributed by atoms with Gasteiger partial charge in [-0.1, -0.05) is 13.3 Å². The van der Waals surface area contributed by atoms with Crippen molar-refractivity contribution in [1.29, 1.82) is 0 Å². The number of carbonyl (C=O) groups excluding carboxylic acids is 1. The minimum atomic E-state index is 0.125. The molecular weight excluding hydrogens is 220 g/mol. The number of unbranched alkanes of at least 4 members (excludes halogenated alkanes) is 1. The highest BCUT2D eigenvalue weighted by atomic mass is 32.1. The van der Waals surface area contributed by atoms with Crippen molar-refractivity contribution in [3.05, 3.63) is 16.1 Å². The molecule has 4 heteroatoms. The van der Waals surface area contributed by atoms with Crippen LogP contribution in [-0.2, 0) is 0 Å². The predicted octanol–water partition coefficient (Wildman–Crippen LogP) is 2.86. The number of hydrogen-bond donors (Lipinski definition) is 0. The summed E-state index contributed by atoms with van der Waals surface area (Å²) in [4.78, 5) is 18.5. The summed E-state index contributed by atoms with van der Waals surface area (Å²) in [6.07, 6.45) is 4.55. The minimum absolute atomic E-state index is 0.125. The van der Waals surface area contributed by atoms with Gasteiger partial charge in [0, 0.05) is 18.0 Å². The van der Waals surface area contributed by atoms with Crippen LogP contribution in [0.15, 0.2) is 5.38 Å². The van der Waals surface area contributed by atoms with Gasteiger partial charge in [-0.2, -0.15) is 0 Å². The molecule has 0 saturated heterocycles. The summed E-state index contributed by atoms with van der Waals surface area (Å²) >= 11 is 1.55. The van der Waals surface area contributed by atoms with Crippen LogP contribution in [0.5, 0.6) is 0 Å². The van der Waals surface area contributed by atoms with Crippen LogP contribution in [-0.4, -0.2) is 28.4 Å². The van der Waals surface area contributed by atoms with Gasteiger partial charge in [-0.05, 0) is 26.2 Å². The topological polar surface area (TPSA) is 33.2 Å². The highest BCUT2D eigenvalue weighted by Crippen LogP contribution is 2.28. The molecular formula is C12H18N2OS. The Hall–Kier alpha value is -0.900. The largest absolute Gasteiger partial charge is 0.334 e. The first-order valence-corrected chi connectivity index (χ1v) is 6.83. The molecule has 1 aliphatic rings. The van der Waals surface area contributed by atoms with E-state index in [9.17, 15) is 4.79 Å². The SMILES string of the molecule is CCCCN(C(=O)c1csc(C)n1)C1CC1. The third kappa shape index (κ3) is 2.61. The average Bonchev–Trinajstić information content (AvgIpc) is 3.01. The Morgan fingerprint density at radius 2 is 2.38 bits per heavy atom. The fourth-order valence-electron chi connectivity index (χ4n) is 1.77. The summed E-state index contributed by atoms with van der Waals surface area (Å²) in [6, 6.07) is 0.487.